The Morgan fingerprint density at radius 2 is 1.91 bits per heavy atom. The molecule has 3 heterocycles. The summed E-state index contributed by atoms with van der Waals surface area (Å²) in [5, 5.41) is 0.675. The summed E-state index contributed by atoms with van der Waals surface area (Å²) >= 11 is 6.17. The van der Waals surface area contributed by atoms with Gasteiger partial charge < -0.3 is 28.9 Å². The van der Waals surface area contributed by atoms with Crippen LogP contribution in [0.5, 0.6) is 5.75 Å². The molecule has 3 saturated heterocycles. The van der Waals surface area contributed by atoms with Gasteiger partial charge >= 0.3 is 0 Å². The number of morpholine rings is 1. The summed E-state index contributed by atoms with van der Waals surface area (Å²) in [6, 6.07) is 5.50. The quantitative estimate of drug-likeness (QED) is 0.539. The van der Waals surface area contributed by atoms with E-state index in [2.05, 4.69) is 11.9 Å². The SMILES string of the molecule is Cc1cc(OCC2(CC(=O)N3CCN(C)CC3)CN(C(=O)CCC3CCCO3)CCO2)ccc1Cl. The topological polar surface area (TPSA) is 71.6 Å². The minimum absolute atomic E-state index is 0.0441. The molecular formula is C26H38ClN3O5. The van der Waals surface area contributed by atoms with Crippen molar-refractivity contribution in [3.05, 3.63) is 28.8 Å². The van der Waals surface area contributed by atoms with Crippen molar-refractivity contribution in [2.24, 2.45) is 0 Å². The lowest BCUT2D eigenvalue weighted by atomic mass is 9.96. The predicted molar refractivity (Wildman–Crippen MR) is 134 cm³/mol. The fourth-order valence-electron chi connectivity index (χ4n) is 4.98. The lowest BCUT2D eigenvalue weighted by Gasteiger charge is -2.43. The van der Waals surface area contributed by atoms with Crippen LogP contribution in [0.4, 0.5) is 0 Å². The van der Waals surface area contributed by atoms with E-state index in [0.29, 0.717) is 50.0 Å². The number of piperazine rings is 1. The number of carbonyl (C=O) groups excluding carboxylic acids is 2. The lowest BCUT2D eigenvalue weighted by Crippen LogP contribution is -2.59. The monoisotopic (exact) mass is 507 g/mol. The van der Waals surface area contributed by atoms with E-state index in [9.17, 15) is 9.59 Å². The lowest BCUT2D eigenvalue weighted by molar-refractivity contribution is -0.166. The number of likely N-dealkylation sites (N-methyl/N-ethyl adjacent to an activating group) is 1. The van der Waals surface area contributed by atoms with E-state index in [4.69, 9.17) is 25.8 Å². The Morgan fingerprint density at radius 1 is 1.11 bits per heavy atom. The molecule has 1 aromatic carbocycles. The molecule has 3 aliphatic heterocycles. The molecule has 0 spiro atoms. The van der Waals surface area contributed by atoms with Gasteiger partial charge in [-0.05, 0) is 57.0 Å². The van der Waals surface area contributed by atoms with E-state index in [0.717, 1.165) is 44.5 Å². The van der Waals surface area contributed by atoms with Gasteiger partial charge in [0.25, 0.3) is 0 Å². The first kappa shape index (κ1) is 26.2. The molecule has 0 aromatic heterocycles. The number of aryl methyl sites for hydroxylation is 1. The van der Waals surface area contributed by atoms with E-state index in [1.54, 1.807) is 6.07 Å². The molecule has 0 radical (unpaired) electrons. The van der Waals surface area contributed by atoms with Crippen molar-refractivity contribution in [1.82, 2.24) is 14.7 Å². The predicted octanol–water partition coefficient (Wildman–Crippen LogP) is 2.75. The molecule has 0 bridgehead atoms. The zero-order chi connectivity index (χ0) is 24.8. The Morgan fingerprint density at radius 3 is 2.63 bits per heavy atom. The van der Waals surface area contributed by atoms with Gasteiger partial charge in [-0.1, -0.05) is 11.6 Å². The Hall–Kier alpha value is -1.87. The van der Waals surface area contributed by atoms with E-state index in [1.165, 1.54) is 0 Å². The van der Waals surface area contributed by atoms with Gasteiger partial charge in [0.2, 0.25) is 11.8 Å². The van der Waals surface area contributed by atoms with Gasteiger partial charge in [-0.3, -0.25) is 9.59 Å². The molecule has 2 unspecified atom stereocenters. The fourth-order valence-corrected chi connectivity index (χ4v) is 5.10. The number of hydrogen-bond donors (Lipinski definition) is 0. The highest BCUT2D eigenvalue weighted by Crippen LogP contribution is 2.28. The number of carbonyl (C=O) groups is 2. The highest BCUT2D eigenvalue weighted by Gasteiger charge is 2.42. The van der Waals surface area contributed by atoms with Crippen LogP contribution in [0, 0.1) is 6.92 Å². The molecule has 2 amide bonds. The van der Waals surface area contributed by atoms with Crippen LogP contribution < -0.4 is 4.74 Å². The van der Waals surface area contributed by atoms with Crippen molar-refractivity contribution < 1.29 is 23.8 Å². The minimum Gasteiger partial charge on any atom is -0.490 e. The van der Waals surface area contributed by atoms with Crippen LogP contribution >= 0.6 is 11.6 Å². The highest BCUT2D eigenvalue weighted by atomic mass is 35.5. The van der Waals surface area contributed by atoms with Crippen molar-refractivity contribution in [2.75, 3.05) is 66.1 Å². The summed E-state index contributed by atoms with van der Waals surface area (Å²) in [4.78, 5) is 32.3. The first-order valence-electron chi connectivity index (χ1n) is 12.7. The second kappa shape index (κ2) is 11.9. The second-order valence-electron chi connectivity index (χ2n) is 10.1. The smallest absolute Gasteiger partial charge is 0.225 e. The van der Waals surface area contributed by atoms with Crippen molar-refractivity contribution in [3.63, 3.8) is 0 Å². The number of rotatable bonds is 8. The highest BCUT2D eigenvalue weighted by molar-refractivity contribution is 6.31. The Kier molecular flexibility index (Phi) is 8.92. The van der Waals surface area contributed by atoms with Crippen molar-refractivity contribution in [1.29, 1.82) is 0 Å². The van der Waals surface area contributed by atoms with Gasteiger partial charge in [0.15, 0.2) is 0 Å². The third kappa shape index (κ3) is 7.09. The molecule has 3 aliphatic rings. The molecular weight excluding hydrogens is 470 g/mol. The molecule has 0 aliphatic carbocycles. The van der Waals surface area contributed by atoms with Crippen molar-refractivity contribution in [2.45, 2.75) is 50.7 Å². The summed E-state index contributed by atoms with van der Waals surface area (Å²) in [5.41, 5.74) is 0.0216. The Balaban J connectivity index is 1.44. The molecule has 9 heteroatoms. The summed E-state index contributed by atoms with van der Waals surface area (Å²) in [5.74, 6) is 0.800. The number of hydrogen-bond acceptors (Lipinski definition) is 6. The summed E-state index contributed by atoms with van der Waals surface area (Å²) < 4.78 is 18.1. The van der Waals surface area contributed by atoms with E-state index in [-0.39, 0.29) is 30.9 Å². The molecule has 35 heavy (non-hydrogen) atoms. The molecule has 3 fully saturated rings. The summed E-state index contributed by atoms with van der Waals surface area (Å²) in [6.45, 7) is 7.25. The van der Waals surface area contributed by atoms with Gasteiger partial charge in [-0.2, -0.15) is 0 Å². The van der Waals surface area contributed by atoms with Gasteiger partial charge in [-0.15, -0.1) is 0 Å². The minimum atomic E-state index is -0.897. The molecule has 0 saturated carbocycles. The van der Waals surface area contributed by atoms with Crippen LogP contribution in [-0.2, 0) is 19.1 Å². The van der Waals surface area contributed by atoms with Crippen molar-refractivity contribution >= 4 is 23.4 Å². The maximum atomic E-state index is 13.3. The van der Waals surface area contributed by atoms with Crippen molar-refractivity contribution in [3.8, 4) is 5.75 Å². The van der Waals surface area contributed by atoms with E-state index >= 15 is 0 Å². The average molecular weight is 508 g/mol. The first-order chi connectivity index (χ1) is 16.8. The van der Waals surface area contributed by atoms with Crippen LogP contribution in [0.25, 0.3) is 0 Å². The average Bonchev–Trinajstić information content (AvgIpc) is 3.38. The molecule has 8 nitrogen and oxygen atoms in total. The molecule has 2 atom stereocenters. The van der Waals surface area contributed by atoms with Crippen LogP contribution in [0.15, 0.2) is 18.2 Å². The van der Waals surface area contributed by atoms with Gasteiger partial charge in [0, 0.05) is 50.8 Å². The number of benzene rings is 1. The third-order valence-corrected chi connectivity index (χ3v) is 7.69. The summed E-state index contributed by atoms with van der Waals surface area (Å²) in [7, 11) is 2.07. The summed E-state index contributed by atoms with van der Waals surface area (Å²) in [6.07, 6.45) is 3.64. The largest absolute Gasteiger partial charge is 0.490 e. The van der Waals surface area contributed by atoms with Crippen LogP contribution in [-0.4, -0.2) is 104 Å². The van der Waals surface area contributed by atoms with E-state index in [1.807, 2.05) is 28.9 Å². The van der Waals surface area contributed by atoms with E-state index < -0.39 is 5.60 Å². The zero-order valence-corrected chi connectivity index (χ0v) is 21.7. The zero-order valence-electron chi connectivity index (χ0n) is 21.0. The fraction of sp³-hybridized carbons (Fsp3) is 0.692. The number of halogens is 1. The number of nitrogens with zero attached hydrogens (tertiary/aromatic N) is 3. The third-order valence-electron chi connectivity index (χ3n) is 7.27. The number of amides is 2. The van der Waals surface area contributed by atoms with Gasteiger partial charge in [0.1, 0.15) is 18.0 Å². The molecule has 4 rings (SSSR count). The van der Waals surface area contributed by atoms with Gasteiger partial charge in [-0.25, -0.2) is 0 Å². The maximum absolute atomic E-state index is 13.3. The van der Waals surface area contributed by atoms with Crippen LogP contribution in [0.3, 0.4) is 0 Å². The normalized spacial score (nSPS) is 25.6. The second-order valence-corrected chi connectivity index (χ2v) is 10.5. The number of ether oxygens (including phenoxy) is 3. The molecule has 194 valence electrons. The van der Waals surface area contributed by atoms with Gasteiger partial charge in [0.05, 0.1) is 25.7 Å². The standard InChI is InChI=1S/C26H38ClN3O5/c1-20-16-22(5-7-23(20)27)34-19-26(17-25(32)29-11-9-28(2)10-12-29)18-30(13-15-35-26)24(31)8-6-21-4-3-14-33-21/h5,7,16,21H,3-4,6,8-15,17-19H2,1-2H3. The first-order valence-corrected chi connectivity index (χ1v) is 13.1. The molecule has 1 aromatic rings. The van der Waals surface area contributed by atoms with Crippen LogP contribution in [0.2, 0.25) is 5.02 Å². The Labute approximate surface area is 213 Å². The molecule has 0 N–H and O–H groups in total. The Bertz CT molecular complexity index is 886. The van der Waals surface area contributed by atoms with Crippen LogP contribution in [0.1, 0.15) is 37.7 Å². The maximum Gasteiger partial charge on any atom is 0.225 e.